The van der Waals surface area contributed by atoms with E-state index in [9.17, 15) is 13.2 Å². The number of carbonyl (C=O) groups is 1. The van der Waals surface area contributed by atoms with Gasteiger partial charge in [0.05, 0.1) is 4.90 Å². The minimum atomic E-state index is -3.62. The molecule has 20 heavy (non-hydrogen) atoms. The van der Waals surface area contributed by atoms with E-state index in [-0.39, 0.29) is 23.3 Å². The largest absolute Gasteiger partial charge is 0.354 e. The molecule has 0 aliphatic heterocycles. The predicted octanol–water partition coefficient (Wildman–Crippen LogP) is 1.26. The van der Waals surface area contributed by atoms with Gasteiger partial charge in [-0.25, -0.2) is 8.42 Å². The number of amides is 1. The van der Waals surface area contributed by atoms with Crippen molar-refractivity contribution in [2.24, 2.45) is 0 Å². The van der Waals surface area contributed by atoms with Crippen LogP contribution in [0, 0.1) is 0 Å². The van der Waals surface area contributed by atoms with Crippen LogP contribution in [0.5, 0.6) is 0 Å². The third-order valence-electron chi connectivity index (χ3n) is 2.59. The fourth-order valence-electron chi connectivity index (χ4n) is 1.32. The molecule has 0 spiro atoms. The first-order chi connectivity index (χ1) is 8.85. The number of hydrogen-bond acceptors (Lipinski definition) is 4. The van der Waals surface area contributed by atoms with E-state index in [0.29, 0.717) is 11.6 Å². The van der Waals surface area contributed by atoms with Crippen LogP contribution in [0.25, 0.3) is 0 Å². The molecule has 114 valence electrons. The average molecular weight is 341 g/mol. The average Bonchev–Trinajstić information content (AvgIpc) is 2.36. The minimum Gasteiger partial charge on any atom is -0.354 e. The molecule has 1 unspecified atom stereocenters. The Bertz CT molecular complexity index is 532. The van der Waals surface area contributed by atoms with E-state index in [1.54, 1.807) is 7.05 Å². The highest BCUT2D eigenvalue weighted by Crippen LogP contribution is 2.15. The molecule has 0 fully saturated rings. The van der Waals surface area contributed by atoms with Crippen LogP contribution >= 0.6 is 24.0 Å². The quantitative estimate of drug-likeness (QED) is 0.817. The number of rotatable bonds is 6. The molecule has 1 rings (SSSR count). The first-order valence-electron chi connectivity index (χ1n) is 5.77. The Hall–Kier alpha value is -0.820. The van der Waals surface area contributed by atoms with Gasteiger partial charge in [0.2, 0.25) is 5.91 Å². The predicted molar refractivity (Wildman–Crippen MR) is 82.3 cm³/mol. The Balaban J connectivity index is 0.00000361. The number of sulfone groups is 1. The molecule has 0 bridgehead atoms. The third-order valence-corrected chi connectivity index (χ3v) is 4.48. The SMILES string of the molecule is CNC(C)CNC(=O)CS(=O)(=O)c1ccc(Cl)cc1.Cl. The van der Waals surface area contributed by atoms with Crippen LogP contribution < -0.4 is 10.6 Å². The smallest absolute Gasteiger partial charge is 0.235 e. The van der Waals surface area contributed by atoms with Crippen molar-refractivity contribution in [2.45, 2.75) is 17.9 Å². The molecular formula is C12H18Cl2N2O3S. The summed E-state index contributed by atoms with van der Waals surface area (Å²) in [6.07, 6.45) is 0. The molecule has 0 aliphatic carbocycles. The van der Waals surface area contributed by atoms with E-state index < -0.39 is 21.5 Å². The van der Waals surface area contributed by atoms with Gasteiger partial charge in [0.1, 0.15) is 5.75 Å². The van der Waals surface area contributed by atoms with Crippen molar-refractivity contribution in [2.75, 3.05) is 19.3 Å². The lowest BCUT2D eigenvalue weighted by molar-refractivity contribution is -0.118. The lowest BCUT2D eigenvalue weighted by Crippen LogP contribution is -2.39. The maximum Gasteiger partial charge on any atom is 0.235 e. The Morgan fingerprint density at radius 1 is 1.30 bits per heavy atom. The Kier molecular flexibility index (Phi) is 8.12. The Labute approximate surface area is 130 Å². The maximum atomic E-state index is 11.9. The van der Waals surface area contributed by atoms with Crippen LogP contribution in [0.1, 0.15) is 6.92 Å². The van der Waals surface area contributed by atoms with E-state index >= 15 is 0 Å². The lowest BCUT2D eigenvalue weighted by atomic mass is 10.3. The molecule has 1 aromatic carbocycles. The molecule has 0 aliphatic rings. The van der Waals surface area contributed by atoms with Gasteiger partial charge in [0.25, 0.3) is 0 Å². The van der Waals surface area contributed by atoms with Crippen molar-refractivity contribution >= 4 is 39.8 Å². The van der Waals surface area contributed by atoms with Crippen molar-refractivity contribution in [3.63, 3.8) is 0 Å². The fraction of sp³-hybridized carbons (Fsp3) is 0.417. The molecule has 1 atom stereocenters. The summed E-state index contributed by atoms with van der Waals surface area (Å²) in [4.78, 5) is 11.7. The number of hydrogen-bond donors (Lipinski definition) is 2. The van der Waals surface area contributed by atoms with Gasteiger partial charge < -0.3 is 10.6 Å². The normalized spacial score (nSPS) is 12.3. The van der Waals surface area contributed by atoms with E-state index in [4.69, 9.17) is 11.6 Å². The summed E-state index contributed by atoms with van der Waals surface area (Å²) in [5.74, 6) is -1.08. The molecule has 8 heteroatoms. The third kappa shape index (κ3) is 6.09. The summed E-state index contributed by atoms with van der Waals surface area (Å²) in [7, 11) is -1.86. The molecule has 0 saturated heterocycles. The second-order valence-electron chi connectivity index (χ2n) is 4.21. The molecule has 0 aromatic heterocycles. The van der Waals surface area contributed by atoms with Gasteiger partial charge >= 0.3 is 0 Å². The topological polar surface area (TPSA) is 75.3 Å². The van der Waals surface area contributed by atoms with Crippen LogP contribution in [0.2, 0.25) is 5.02 Å². The molecule has 1 aromatic rings. The summed E-state index contributed by atoms with van der Waals surface area (Å²) in [6.45, 7) is 2.26. The zero-order valence-corrected chi connectivity index (χ0v) is 13.6. The van der Waals surface area contributed by atoms with Gasteiger partial charge in [-0.2, -0.15) is 0 Å². The number of carbonyl (C=O) groups excluding carboxylic acids is 1. The minimum absolute atomic E-state index is 0. The molecular weight excluding hydrogens is 323 g/mol. The first-order valence-corrected chi connectivity index (χ1v) is 7.80. The van der Waals surface area contributed by atoms with Gasteiger partial charge in [-0.05, 0) is 38.2 Å². The zero-order chi connectivity index (χ0) is 14.5. The number of benzene rings is 1. The van der Waals surface area contributed by atoms with Crippen molar-refractivity contribution < 1.29 is 13.2 Å². The highest BCUT2D eigenvalue weighted by Gasteiger charge is 2.19. The highest BCUT2D eigenvalue weighted by molar-refractivity contribution is 7.92. The van der Waals surface area contributed by atoms with Gasteiger partial charge in [-0.15, -0.1) is 12.4 Å². The molecule has 0 saturated carbocycles. The van der Waals surface area contributed by atoms with Crippen molar-refractivity contribution in [1.29, 1.82) is 0 Å². The monoisotopic (exact) mass is 340 g/mol. The van der Waals surface area contributed by atoms with Gasteiger partial charge in [-0.3, -0.25) is 4.79 Å². The van der Waals surface area contributed by atoms with Crippen molar-refractivity contribution in [3.05, 3.63) is 29.3 Å². The second-order valence-corrected chi connectivity index (χ2v) is 6.63. The van der Waals surface area contributed by atoms with E-state index in [2.05, 4.69) is 10.6 Å². The summed E-state index contributed by atoms with van der Waals surface area (Å²) in [5.41, 5.74) is 0. The summed E-state index contributed by atoms with van der Waals surface area (Å²) in [5, 5.41) is 5.96. The summed E-state index contributed by atoms with van der Waals surface area (Å²) < 4.78 is 23.9. The van der Waals surface area contributed by atoms with Crippen molar-refractivity contribution in [3.8, 4) is 0 Å². The molecule has 0 heterocycles. The fourth-order valence-corrected chi connectivity index (χ4v) is 2.61. The number of halogens is 2. The molecule has 2 N–H and O–H groups in total. The second kappa shape index (κ2) is 8.46. The van der Waals surface area contributed by atoms with E-state index in [0.717, 1.165) is 0 Å². The van der Waals surface area contributed by atoms with Crippen molar-refractivity contribution in [1.82, 2.24) is 10.6 Å². The standard InChI is InChI=1S/C12H17ClN2O3S.ClH/c1-9(14-2)7-15-12(16)8-19(17,18)11-5-3-10(13)4-6-11;/h3-6,9,14H,7-8H2,1-2H3,(H,15,16);1H. The van der Waals surface area contributed by atoms with Crippen LogP contribution in [0.15, 0.2) is 29.2 Å². The Morgan fingerprint density at radius 2 is 1.85 bits per heavy atom. The van der Waals surface area contributed by atoms with Gasteiger partial charge in [0.15, 0.2) is 9.84 Å². The number of nitrogens with one attached hydrogen (secondary N) is 2. The lowest BCUT2D eigenvalue weighted by Gasteiger charge is -2.11. The van der Waals surface area contributed by atoms with Crippen LogP contribution in [-0.4, -0.2) is 39.7 Å². The van der Waals surface area contributed by atoms with Crippen LogP contribution in [-0.2, 0) is 14.6 Å². The molecule has 1 amide bonds. The van der Waals surface area contributed by atoms with E-state index in [1.165, 1.54) is 24.3 Å². The maximum absolute atomic E-state index is 11.9. The highest BCUT2D eigenvalue weighted by atomic mass is 35.5. The number of likely N-dealkylation sites (N-methyl/N-ethyl adjacent to an activating group) is 1. The van der Waals surface area contributed by atoms with E-state index in [1.807, 2.05) is 6.92 Å². The van der Waals surface area contributed by atoms with Crippen LogP contribution in [0.3, 0.4) is 0 Å². The van der Waals surface area contributed by atoms with Gasteiger partial charge in [0, 0.05) is 17.6 Å². The zero-order valence-electron chi connectivity index (χ0n) is 11.2. The first kappa shape index (κ1) is 19.2. The Morgan fingerprint density at radius 3 is 2.35 bits per heavy atom. The van der Waals surface area contributed by atoms with Crippen LogP contribution in [0.4, 0.5) is 0 Å². The molecule has 5 nitrogen and oxygen atoms in total. The summed E-state index contributed by atoms with van der Waals surface area (Å²) >= 11 is 5.69. The van der Waals surface area contributed by atoms with Gasteiger partial charge in [-0.1, -0.05) is 11.6 Å². The summed E-state index contributed by atoms with van der Waals surface area (Å²) in [6, 6.07) is 5.83. The molecule has 0 radical (unpaired) electrons.